The highest BCUT2D eigenvalue weighted by atomic mass is 32.2. The highest BCUT2D eigenvalue weighted by Crippen LogP contribution is 2.25. The molecule has 1 N–H and O–H groups in total. The van der Waals surface area contributed by atoms with Gasteiger partial charge in [-0.05, 0) is 18.2 Å². The summed E-state index contributed by atoms with van der Waals surface area (Å²) in [7, 11) is -1.46. The molecule has 1 aromatic heterocycles. The fraction of sp³-hybridized carbons (Fsp3) is 0.0769. The topological polar surface area (TPSA) is 69.8 Å². The van der Waals surface area contributed by atoms with Crippen LogP contribution in [0.1, 0.15) is 5.69 Å². The fourth-order valence-corrected chi connectivity index (χ4v) is 2.97. The molecule has 19 heavy (non-hydrogen) atoms. The molecule has 0 radical (unpaired) electrons. The molecule has 1 aromatic carbocycles. The van der Waals surface area contributed by atoms with E-state index in [9.17, 15) is 9.42 Å². The maximum absolute atomic E-state index is 12.2. The molecule has 0 spiro atoms. The van der Waals surface area contributed by atoms with Crippen molar-refractivity contribution in [3.63, 3.8) is 0 Å². The first-order valence-electron chi connectivity index (χ1n) is 5.76. The lowest BCUT2D eigenvalue weighted by atomic mass is 10.3. The molecule has 6 heteroatoms. The Morgan fingerprint density at radius 2 is 1.95 bits per heavy atom. The molecule has 2 atom stereocenters. The third-order valence-corrected chi connectivity index (χ3v) is 4.05. The van der Waals surface area contributed by atoms with Gasteiger partial charge in [-0.2, -0.15) is 4.99 Å². The van der Waals surface area contributed by atoms with Gasteiger partial charge < -0.3 is 5.21 Å². The van der Waals surface area contributed by atoms with E-state index in [1.165, 1.54) is 0 Å². The molecule has 0 saturated carbocycles. The number of hydrogen-bond donors (Lipinski definition) is 1. The van der Waals surface area contributed by atoms with Crippen molar-refractivity contribution in [2.45, 2.75) is 5.75 Å². The van der Waals surface area contributed by atoms with Crippen LogP contribution in [0.15, 0.2) is 53.7 Å². The van der Waals surface area contributed by atoms with Crippen LogP contribution in [-0.4, -0.2) is 14.4 Å². The molecule has 2 aromatic rings. The van der Waals surface area contributed by atoms with Gasteiger partial charge in [-0.1, -0.05) is 18.2 Å². The van der Waals surface area contributed by atoms with E-state index in [0.29, 0.717) is 17.1 Å². The number of benzene rings is 1. The molecule has 1 aliphatic rings. The molecule has 0 fully saturated rings. The summed E-state index contributed by atoms with van der Waals surface area (Å²) in [5.74, 6) is 0.208. The number of rotatable bonds is 2. The van der Waals surface area contributed by atoms with Crippen molar-refractivity contribution in [1.82, 2.24) is 4.98 Å². The lowest BCUT2D eigenvalue weighted by Gasteiger charge is -2.16. The minimum Gasteiger partial charge on any atom is -0.622 e. The van der Waals surface area contributed by atoms with Crippen LogP contribution >= 0.6 is 0 Å². The Labute approximate surface area is 112 Å². The number of nitrogens with zero attached hydrogens (tertiary/aromatic N) is 2. The highest BCUT2D eigenvalue weighted by molar-refractivity contribution is 7.99. The molecule has 1 aliphatic heterocycles. The molecule has 5 nitrogen and oxygen atoms in total. The molecule has 0 saturated heterocycles. The monoisotopic (exact) mass is 273 g/mol. The van der Waals surface area contributed by atoms with E-state index < -0.39 is 10.8 Å². The molecule has 0 aliphatic carbocycles. The van der Waals surface area contributed by atoms with Gasteiger partial charge in [0.1, 0.15) is 16.5 Å². The average Bonchev–Trinajstić information content (AvgIpc) is 2.78. The molecular weight excluding hydrogens is 262 g/mol. The quantitative estimate of drug-likeness (QED) is 0.831. The fourth-order valence-electron chi connectivity index (χ4n) is 1.88. The van der Waals surface area contributed by atoms with Crippen molar-refractivity contribution in [1.29, 1.82) is 0 Å². The zero-order chi connectivity index (χ0) is 13.2. The van der Waals surface area contributed by atoms with Gasteiger partial charge >= 0.3 is 0 Å². The Bertz CT molecular complexity index is 658. The van der Waals surface area contributed by atoms with Crippen LogP contribution in [0.25, 0.3) is 0 Å². The number of hydrogen-bond acceptors (Lipinski definition) is 4. The highest BCUT2D eigenvalue weighted by Gasteiger charge is 2.28. The largest absolute Gasteiger partial charge is 0.622 e. The van der Waals surface area contributed by atoms with E-state index >= 15 is 0 Å². The molecular formula is C13H11N3O2S. The van der Waals surface area contributed by atoms with E-state index in [2.05, 4.69) is 9.98 Å². The van der Waals surface area contributed by atoms with Crippen molar-refractivity contribution in [2.75, 3.05) is 0 Å². The van der Waals surface area contributed by atoms with Crippen molar-refractivity contribution in [3.8, 4) is 0 Å². The zero-order valence-electron chi connectivity index (χ0n) is 9.95. The Hall–Kier alpha value is -1.89. The molecule has 2 unspecified atom stereocenters. The van der Waals surface area contributed by atoms with Gasteiger partial charge in [0.2, 0.25) is 0 Å². The first-order valence-corrected chi connectivity index (χ1v) is 7.08. The number of fused-ring (bicyclic) bond motifs is 1. The van der Waals surface area contributed by atoms with Gasteiger partial charge in [0.25, 0.3) is 5.17 Å². The third-order valence-electron chi connectivity index (χ3n) is 2.79. The van der Waals surface area contributed by atoms with Gasteiger partial charge in [-0.15, -0.1) is 0 Å². The third kappa shape index (κ3) is 2.33. The second-order valence-corrected chi connectivity index (χ2v) is 5.44. The number of aliphatic imine (C=N–C) groups is 1. The number of para-hydroxylation sites is 2. The van der Waals surface area contributed by atoms with Gasteiger partial charge in [0.05, 0.1) is 11.4 Å². The SMILES string of the molecule is O=S(Cc1ccccn1)C1=Nc2ccccc2[NH+]1[O-]. The van der Waals surface area contributed by atoms with Crippen LogP contribution in [0.4, 0.5) is 11.4 Å². The van der Waals surface area contributed by atoms with Gasteiger partial charge in [-0.3, -0.25) is 10.0 Å². The maximum Gasteiger partial charge on any atom is 0.299 e. The number of nitrogens with one attached hydrogen (secondary N) is 1. The smallest absolute Gasteiger partial charge is 0.299 e. The number of quaternary nitrogens is 1. The van der Waals surface area contributed by atoms with Crippen LogP contribution in [0, 0.1) is 5.21 Å². The van der Waals surface area contributed by atoms with Crippen LogP contribution in [0.2, 0.25) is 0 Å². The van der Waals surface area contributed by atoms with Crippen molar-refractivity contribution >= 4 is 27.3 Å². The predicted octanol–water partition coefficient (Wildman–Crippen LogP) is 1.05. The summed E-state index contributed by atoms with van der Waals surface area (Å²) in [5.41, 5.74) is 1.80. The van der Waals surface area contributed by atoms with E-state index in [0.717, 1.165) is 0 Å². The van der Waals surface area contributed by atoms with E-state index in [1.54, 1.807) is 42.6 Å². The lowest BCUT2D eigenvalue weighted by molar-refractivity contribution is -0.659. The molecule has 2 heterocycles. The summed E-state index contributed by atoms with van der Waals surface area (Å²) in [6.45, 7) is 0. The van der Waals surface area contributed by atoms with E-state index in [4.69, 9.17) is 0 Å². The van der Waals surface area contributed by atoms with Gasteiger partial charge in [0, 0.05) is 12.3 Å². The van der Waals surface area contributed by atoms with E-state index in [-0.39, 0.29) is 16.0 Å². The first-order chi connectivity index (χ1) is 9.25. The van der Waals surface area contributed by atoms with Gasteiger partial charge in [0.15, 0.2) is 5.69 Å². The first kappa shape index (κ1) is 12.2. The summed E-state index contributed by atoms with van der Waals surface area (Å²) < 4.78 is 12.2. The van der Waals surface area contributed by atoms with E-state index in [1.807, 2.05) is 6.07 Å². The number of pyridine rings is 1. The Kier molecular flexibility index (Phi) is 3.20. The second kappa shape index (κ2) is 5.00. The van der Waals surface area contributed by atoms with Crippen LogP contribution < -0.4 is 5.06 Å². The minimum absolute atomic E-state index is 0.117. The van der Waals surface area contributed by atoms with Gasteiger partial charge in [-0.25, -0.2) is 4.21 Å². The predicted molar refractivity (Wildman–Crippen MR) is 73.6 cm³/mol. The number of amidine groups is 1. The summed E-state index contributed by atoms with van der Waals surface area (Å²) in [6.07, 6.45) is 1.64. The average molecular weight is 273 g/mol. The summed E-state index contributed by atoms with van der Waals surface area (Å²) in [6, 6.07) is 12.4. The standard InChI is InChI=1S/C13H11N3O2S/c17-16-12-7-2-1-6-11(12)15-13(16)19(18)9-10-5-3-4-8-14-10/h1-8,16H,9H2. The van der Waals surface area contributed by atoms with Crippen LogP contribution in [-0.2, 0) is 16.6 Å². The number of aromatic nitrogens is 1. The Balaban J connectivity index is 1.83. The molecule has 3 rings (SSSR count). The lowest BCUT2D eigenvalue weighted by Crippen LogP contribution is -3.04. The second-order valence-electron chi connectivity index (χ2n) is 4.07. The normalized spacial score (nSPS) is 18.8. The van der Waals surface area contributed by atoms with Crippen LogP contribution in [0.5, 0.6) is 0 Å². The van der Waals surface area contributed by atoms with Crippen molar-refractivity contribution in [3.05, 3.63) is 59.6 Å². The zero-order valence-corrected chi connectivity index (χ0v) is 10.8. The summed E-state index contributed by atoms with van der Waals surface area (Å²) in [5, 5.41) is 12.0. The minimum atomic E-state index is -1.46. The summed E-state index contributed by atoms with van der Waals surface area (Å²) >= 11 is 0. The molecule has 0 amide bonds. The Morgan fingerprint density at radius 3 is 2.68 bits per heavy atom. The molecule has 0 bridgehead atoms. The van der Waals surface area contributed by atoms with Crippen molar-refractivity contribution < 1.29 is 9.27 Å². The van der Waals surface area contributed by atoms with Crippen molar-refractivity contribution in [2.24, 2.45) is 4.99 Å². The summed E-state index contributed by atoms with van der Waals surface area (Å²) in [4.78, 5) is 8.27. The molecule has 96 valence electrons. The Morgan fingerprint density at radius 1 is 1.16 bits per heavy atom. The number of hydroxylamine groups is 1. The van der Waals surface area contributed by atoms with Crippen LogP contribution in [0.3, 0.4) is 0 Å². The maximum atomic E-state index is 12.2.